The number of hydrogen-bond donors (Lipinski definition) is 1. The van der Waals surface area contributed by atoms with E-state index in [1.807, 2.05) is 25.4 Å². The Hall–Kier alpha value is -3.09. The number of nitrogens with one attached hydrogen (secondary N) is 1. The van der Waals surface area contributed by atoms with E-state index in [1.54, 1.807) is 17.1 Å². The highest BCUT2D eigenvalue weighted by molar-refractivity contribution is 5.78. The molecule has 0 aliphatic rings. The van der Waals surface area contributed by atoms with E-state index in [9.17, 15) is 13.6 Å². The Morgan fingerprint density at radius 1 is 1.20 bits per heavy atom. The molecular formula is C18H16F2N4O. The molecule has 0 atom stereocenters. The fourth-order valence-corrected chi connectivity index (χ4v) is 2.35. The molecule has 0 saturated heterocycles. The van der Waals surface area contributed by atoms with Crippen molar-refractivity contribution in [1.82, 2.24) is 20.1 Å². The Bertz CT molecular complexity index is 890. The minimum atomic E-state index is -0.724. The van der Waals surface area contributed by atoms with Crippen LogP contribution in [0.4, 0.5) is 8.78 Å². The van der Waals surface area contributed by atoms with Crippen molar-refractivity contribution in [1.29, 1.82) is 0 Å². The molecule has 1 amide bonds. The summed E-state index contributed by atoms with van der Waals surface area (Å²) in [6, 6.07) is 6.87. The molecule has 7 heteroatoms. The van der Waals surface area contributed by atoms with Crippen molar-refractivity contribution in [3.63, 3.8) is 0 Å². The predicted octanol–water partition coefficient (Wildman–Crippen LogP) is 2.62. The number of rotatable bonds is 5. The zero-order chi connectivity index (χ0) is 17.8. The summed E-state index contributed by atoms with van der Waals surface area (Å²) >= 11 is 0. The molecule has 1 N–H and O–H groups in total. The first-order valence-electron chi connectivity index (χ1n) is 7.66. The Balaban J connectivity index is 1.57. The minimum absolute atomic E-state index is 0.146. The molecule has 0 saturated carbocycles. The van der Waals surface area contributed by atoms with Gasteiger partial charge in [-0.15, -0.1) is 0 Å². The van der Waals surface area contributed by atoms with Gasteiger partial charge in [0.05, 0.1) is 18.3 Å². The van der Waals surface area contributed by atoms with E-state index in [4.69, 9.17) is 0 Å². The average Bonchev–Trinajstić information content (AvgIpc) is 3.02. The van der Waals surface area contributed by atoms with E-state index < -0.39 is 11.6 Å². The molecule has 3 rings (SSSR count). The second kappa shape index (κ2) is 7.21. The fourth-order valence-electron chi connectivity index (χ4n) is 2.35. The van der Waals surface area contributed by atoms with Gasteiger partial charge in [-0.2, -0.15) is 5.10 Å². The van der Waals surface area contributed by atoms with Gasteiger partial charge in [0.1, 0.15) is 11.6 Å². The van der Waals surface area contributed by atoms with Gasteiger partial charge in [0.2, 0.25) is 5.91 Å². The SMILES string of the molecule is Cn1cc(-c2ccc(CNC(=O)Cc3ccc(F)cc3F)cn2)cn1. The van der Waals surface area contributed by atoms with Crippen molar-refractivity contribution < 1.29 is 13.6 Å². The highest BCUT2D eigenvalue weighted by atomic mass is 19.1. The standard InChI is InChI=1S/C18H16F2N4O/c1-24-11-14(10-23-24)17-5-2-12(8-21-17)9-22-18(25)6-13-3-4-15(19)7-16(13)20/h2-5,7-8,10-11H,6,9H2,1H3,(H,22,25). The summed E-state index contributed by atoms with van der Waals surface area (Å²) in [4.78, 5) is 16.3. The number of aryl methyl sites for hydroxylation is 1. The van der Waals surface area contributed by atoms with Crippen LogP contribution in [0.5, 0.6) is 0 Å². The van der Waals surface area contributed by atoms with Crippen LogP contribution < -0.4 is 5.32 Å². The third kappa shape index (κ3) is 4.26. The van der Waals surface area contributed by atoms with E-state index in [-0.39, 0.29) is 24.4 Å². The Morgan fingerprint density at radius 2 is 2.04 bits per heavy atom. The lowest BCUT2D eigenvalue weighted by atomic mass is 10.1. The molecule has 0 fully saturated rings. The second-order valence-electron chi connectivity index (χ2n) is 5.64. The highest BCUT2D eigenvalue weighted by Crippen LogP contribution is 2.15. The molecule has 0 unspecified atom stereocenters. The molecule has 0 spiro atoms. The second-order valence-corrected chi connectivity index (χ2v) is 5.64. The first kappa shape index (κ1) is 16.8. The van der Waals surface area contributed by atoms with Crippen LogP contribution in [0.1, 0.15) is 11.1 Å². The number of halogens is 2. The molecule has 1 aromatic carbocycles. The summed E-state index contributed by atoms with van der Waals surface area (Å²) in [5.41, 5.74) is 2.67. The predicted molar refractivity (Wildman–Crippen MR) is 88.3 cm³/mol. The van der Waals surface area contributed by atoms with Crippen LogP contribution in [0.3, 0.4) is 0 Å². The van der Waals surface area contributed by atoms with Gasteiger partial charge in [0.25, 0.3) is 0 Å². The topological polar surface area (TPSA) is 59.8 Å². The molecular weight excluding hydrogens is 326 g/mol. The van der Waals surface area contributed by atoms with Gasteiger partial charge in [-0.05, 0) is 23.3 Å². The van der Waals surface area contributed by atoms with Gasteiger partial charge in [0, 0.05) is 37.6 Å². The zero-order valence-electron chi connectivity index (χ0n) is 13.5. The molecule has 0 aliphatic heterocycles. The van der Waals surface area contributed by atoms with E-state index in [0.717, 1.165) is 29.0 Å². The number of aromatic nitrogens is 3. The summed E-state index contributed by atoms with van der Waals surface area (Å²) in [7, 11) is 1.83. The molecule has 2 aromatic heterocycles. The van der Waals surface area contributed by atoms with Crippen LogP contribution in [0.25, 0.3) is 11.3 Å². The lowest BCUT2D eigenvalue weighted by Gasteiger charge is -2.07. The number of carbonyl (C=O) groups is 1. The minimum Gasteiger partial charge on any atom is -0.352 e. The van der Waals surface area contributed by atoms with E-state index in [2.05, 4.69) is 15.4 Å². The van der Waals surface area contributed by atoms with Crippen LogP contribution in [0.15, 0.2) is 48.9 Å². The van der Waals surface area contributed by atoms with Crippen LogP contribution >= 0.6 is 0 Å². The molecule has 128 valence electrons. The van der Waals surface area contributed by atoms with Crippen molar-refractivity contribution in [3.05, 3.63) is 71.7 Å². The smallest absolute Gasteiger partial charge is 0.224 e. The normalized spacial score (nSPS) is 10.7. The lowest BCUT2D eigenvalue weighted by Crippen LogP contribution is -2.25. The van der Waals surface area contributed by atoms with Crippen molar-refractivity contribution >= 4 is 5.91 Å². The van der Waals surface area contributed by atoms with Crippen LogP contribution in [-0.2, 0) is 24.8 Å². The van der Waals surface area contributed by atoms with E-state index in [1.165, 1.54) is 6.07 Å². The average molecular weight is 342 g/mol. The zero-order valence-corrected chi connectivity index (χ0v) is 13.5. The summed E-state index contributed by atoms with van der Waals surface area (Å²) in [6.45, 7) is 0.280. The quantitative estimate of drug-likeness (QED) is 0.775. The number of benzene rings is 1. The largest absolute Gasteiger partial charge is 0.352 e. The maximum Gasteiger partial charge on any atom is 0.224 e. The number of nitrogens with zero attached hydrogens (tertiary/aromatic N) is 3. The highest BCUT2D eigenvalue weighted by Gasteiger charge is 2.09. The molecule has 25 heavy (non-hydrogen) atoms. The lowest BCUT2D eigenvalue weighted by molar-refractivity contribution is -0.120. The molecule has 3 aromatic rings. The molecule has 0 radical (unpaired) electrons. The maximum absolute atomic E-state index is 13.5. The summed E-state index contributed by atoms with van der Waals surface area (Å²) in [5.74, 6) is -1.74. The third-order valence-corrected chi connectivity index (χ3v) is 3.68. The van der Waals surface area contributed by atoms with Crippen molar-refractivity contribution in [2.24, 2.45) is 7.05 Å². The first-order chi connectivity index (χ1) is 12.0. The molecule has 0 bridgehead atoms. The van der Waals surface area contributed by atoms with Gasteiger partial charge in [0.15, 0.2) is 0 Å². The Morgan fingerprint density at radius 3 is 2.68 bits per heavy atom. The van der Waals surface area contributed by atoms with Gasteiger partial charge < -0.3 is 5.32 Å². The molecule has 5 nitrogen and oxygen atoms in total. The summed E-state index contributed by atoms with van der Waals surface area (Å²) in [6.07, 6.45) is 5.11. The third-order valence-electron chi connectivity index (χ3n) is 3.68. The number of hydrogen-bond acceptors (Lipinski definition) is 3. The summed E-state index contributed by atoms with van der Waals surface area (Å²) in [5, 5.41) is 6.79. The van der Waals surface area contributed by atoms with Crippen molar-refractivity contribution in [2.45, 2.75) is 13.0 Å². The van der Waals surface area contributed by atoms with Gasteiger partial charge in [-0.3, -0.25) is 14.5 Å². The fraction of sp³-hybridized carbons (Fsp3) is 0.167. The molecule has 0 aliphatic carbocycles. The van der Waals surface area contributed by atoms with Crippen LogP contribution in [0, 0.1) is 11.6 Å². The summed E-state index contributed by atoms with van der Waals surface area (Å²) < 4.78 is 28.1. The number of pyridine rings is 1. The Kier molecular flexibility index (Phi) is 4.83. The van der Waals surface area contributed by atoms with Gasteiger partial charge in [-0.1, -0.05) is 12.1 Å². The van der Waals surface area contributed by atoms with Crippen LogP contribution in [-0.4, -0.2) is 20.7 Å². The monoisotopic (exact) mass is 342 g/mol. The first-order valence-corrected chi connectivity index (χ1v) is 7.66. The van der Waals surface area contributed by atoms with E-state index in [0.29, 0.717) is 0 Å². The van der Waals surface area contributed by atoms with Gasteiger partial charge in [-0.25, -0.2) is 8.78 Å². The number of amides is 1. The van der Waals surface area contributed by atoms with Gasteiger partial charge >= 0.3 is 0 Å². The molecule has 2 heterocycles. The van der Waals surface area contributed by atoms with Crippen molar-refractivity contribution in [2.75, 3.05) is 0 Å². The maximum atomic E-state index is 13.5. The van der Waals surface area contributed by atoms with Crippen LogP contribution in [0.2, 0.25) is 0 Å². The number of carbonyl (C=O) groups excluding carboxylic acids is 1. The Labute approximate surface area is 143 Å². The van der Waals surface area contributed by atoms with Crippen molar-refractivity contribution in [3.8, 4) is 11.3 Å². The van der Waals surface area contributed by atoms with E-state index >= 15 is 0 Å².